The Morgan fingerprint density at radius 3 is 2.70 bits per heavy atom. The monoisotopic (exact) mass is 328 g/mol. The maximum atomic E-state index is 12.6. The highest BCUT2D eigenvalue weighted by Gasteiger charge is 2.28. The summed E-state index contributed by atoms with van der Waals surface area (Å²) in [6.45, 7) is 0.285. The number of carbonyl (C=O) groups is 1. The Kier molecular flexibility index (Phi) is 2.76. The predicted molar refractivity (Wildman–Crippen MR) is 85.2 cm³/mol. The number of anilines is 1. The largest absolute Gasteiger partial charge is 0.477 e. The van der Waals surface area contributed by atoms with Crippen molar-refractivity contribution < 1.29 is 18.3 Å². The number of fused-ring (bicyclic) bond motifs is 7. The summed E-state index contributed by atoms with van der Waals surface area (Å²) in [7, 11) is -3.85. The SMILES string of the molecule is O=C(O)c1c2c3ccccc3n1Cc1cccc(c1)S(=O)(=O)N2. The lowest BCUT2D eigenvalue weighted by Crippen LogP contribution is -2.15. The van der Waals surface area contributed by atoms with Crippen LogP contribution in [-0.4, -0.2) is 24.1 Å². The van der Waals surface area contributed by atoms with Crippen molar-refractivity contribution in [2.24, 2.45) is 0 Å². The van der Waals surface area contributed by atoms with Crippen LogP contribution in [0, 0.1) is 0 Å². The Labute approximate surface area is 132 Å². The Bertz CT molecular complexity index is 1070. The molecule has 116 valence electrons. The van der Waals surface area contributed by atoms with E-state index in [1.807, 2.05) is 0 Å². The first kappa shape index (κ1) is 13.8. The van der Waals surface area contributed by atoms with Crippen molar-refractivity contribution in [3.8, 4) is 0 Å². The summed E-state index contributed by atoms with van der Waals surface area (Å²) in [5.74, 6) is -1.17. The van der Waals surface area contributed by atoms with E-state index in [2.05, 4.69) is 4.72 Å². The third kappa shape index (κ3) is 2.01. The fourth-order valence-corrected chi connectivity index (χ4v) is 4.14. The molecule has 1 aliphatic heterocycles. The smallest absolute Gasteiger partial charge is 0.354 e. The van der Waals surface area contributed by atoms with Crippen LogP contribution in [0.5, 0.6) is 0 Å². The minimum absolute atomic E-state index is 0.0581. The second kappa shape index (κ2) is 4.60. The van der Waals surface area contributed by atoms with Crippen LogP contribution in [0.1, 0.15) is 16.1 Å². The van der Waals surface area contributed by atoms with Crippen LogP contribution in [-0.2, 0) is 16.6 Å². The molecule has 0 unspecified atom stereocenters. The number of hydrogen-bond donors (Lipinski definition) is 2. The third-order valence-corrected chi connectivity index (χ3v) is 5.31. The van der Waals surface area contributed by atoms with Crippen LogP contribution >= 0.6 is 0 Å². The molecule has 4 rings (SSSR count). The van der Waals surface area contributed by atoms with Crippen molar-refractivity contribution in [2.45, 2.75) is 11.4 Å². The zero-order chi connectivity index (χ0) is 16.2. The molecule has 2 N–H and O–H groups in total. The number of rotatable bonds is 1. The van der Waals surface area contributed by atoms with Gasteiger partial charge in [0.25, 0.3) is 10.0 Å². The molecule has 23 heavy (non-hydrogen) atoms. The first-order chi connectivity index (χ1) is 11.0. The zero-order valence-corrected chi connectivity index (χ0v) is 12.7. The quantitative estimate of drug-likeness (QED) is 0.718. The number of carboxylic acids is 1. The van der Waals surface area contributed by atoms with Crippen LogP contribution in [0.25, 0.3) is 10.9 Å². The van der Waals surface area contributed by atoms with Gasteiger partial charge >= 0.3 is 5.97 Å². The van der Waals surface area contributed by atoms with Crippen LogP contribution in [0.3, 0.4) is 0 Å². The van der Waals surface area contributed by atoms with Gasteiger partial charge in [0, 0.05) is 11.9 Å². The Morgan fingerprint density at radius 1 is 1.13 bits per heavy atom. The number of nitrogens with zero attached hydrogens (tertiary/aromatic N) is 1. The molecule has 7 heteroatoms. The van der Waals surface area contributed by atoms with E-state index in [1.54, 1.807) is 47.0 Å². The standard InChI is InChI=1S/C16H12N2O4S/c19-16(20)15-14-12-6-1-2-7-13(12)18(15)9-10-4-3-5-11(8-10)23(21,22)17-14/h1-8,17H,9H2,(H,19,20). The van der Waals surface area contributed by atoms with E-state index in [4.69, 9.17) is 0 Å². The van der Waals surface area contributed by atoms with E-state index in [1.165, 1.54) is 6.07 Å². The van der Waals surface area contributed by atoms with E-state index in [0.717, 1.165) is 5.56 Å². The topological polar surface area (TPSA) is 88.4 Å². The minimum atomic E-state index is -3.85. The van der Waals surface area contributed by atoms with Gasteiger partial charge in [-0.1, -0.05) is 30.3 Å². The molecule has 6 nitrogen and oxygen atoms in total. The molecule has 0 saturated heterocycles. The lowest BCUT2D eigenvalue weighted by atomic mass is 10.2. The van der Waals surface area contributed by atoms with Crippen molar-refractivity contribution in [1.82, 2.24) is 4.57 Å². The third-order valence-electron chi connectivity index (χ3n) is 3.96. The number of benzene rings is 2. The van der Waals surface area contributed by atoms with Crippen LogP contribution in [0.4, 0.5) is 5.69 Å². The Balaban J connectivity index is 2.17. The molecular formula is C16H12N2O4S. The number of sulfonamides is 1. The molecule has 0 radical (unpaired) electrons. The van der Waals surface area contributed by atoms with E-state index in [0.29, 0.717) is 10.9 Å². The van der Waals surface area contributed by atoms with Crippen LogP contribution in [0.15, 0.2) is 53.4 Å². The van der Waals surface area contributed by atoms with Gasteiger partial charge in [-0.05, 0) is 23.8 Å². The molecule has 0 saturated carbocycles. The van der Waals surface area contributed by atoms with Crippen molar-refractivity contribution in [3.63, 3.8) is 0 Å². The first-order valence-corrected chi connectivity index (χ1v) is 8.42. The highest BCUT2D eigenvalue weighted by molar-refractivity contribution is 7.92. The molecule has 0 atom stereocenters. The first-order valence-electron chi connectivity index (χ1n) is 6.94. The molecule has 0 amide bonds. The fourth-order valence-electron chi connectivity index (χ4n) is 2.98. The van der Waals surface area contributed by atoms with Crippen molar-refractivity contribution in [1.29, 1.82) is 0 Å². The van der Waals surface area contributed by atoms with Crippen molar-refractivity contribution in [3.05, 3.63) is 59.8 Å². The van der Waals surface area contributed by atoms with Gasteiger partial charge in [-0.2, -0.15) is 0 Å². The number of carboxylic acid groups (broad SMARTS) is 1. The average Bonchev–Trinajstić information content (AvgIpc) is 2.82. The van der Waals surface area contributed by atoms with Gasteiger partial charge in [0.05, 0.1) is 16.1 Å². The summed E-state index contributed by atoms with van der Waals surface area (Å²) in [6.07, 6.45) is 0. The molecule has 0 spiro atoms. The molecule has 1 aliphatic rings. The van der Waals surface area contributed by atoms with Gasteiger partial charge in [-0.3, -0.25) is 4.72 Å². The molecule has 4 bridgehead atoms. The van der Waals surface area contributed by atoms with Gasteiger partial charge in [-0.15, -0.1) is 0 Å². The van der Waals surface area contributed by atoms with E-state index >= 15 is 0 Å². The summed E-state index contributed by atoms with van der Waals surface area (Å²) in [5, 5.41) is 10.2. The van der Waals surface area contributed by atoms with E-state index in [9.17, 15) is 18.3 Å². The minimum Gasteiger partial charge on any atom is -0.477 e. The van der Waals surface area contributed by atoms with E-state index in [-0.39, 0.29) is 22.8 Å². The molecule has 0 fully saturated rings. The zero-order valence-electron chi connectivity index (χ0n) is 11.9. The normalized spacial score (nSPS) is 15.3. The molecule has 3 aromatic rings. The Morgan fingerprint density at radius 2 is 1.91 bits per heavy atom. The average molecular weight is 328 g/mol. The Hall–Kier alpha value is -2.80. The number of aromatic nitrogens is 1. The molecule has 1 aromatic heterocycles. The van der Waals surface area contributed by atoms with Crippen LogP contribution < -0.4 is 4.72 Å². The van der Waals surface area contributed by atoms with Crippen LogP contribution in [0.2, 0.25) is 0 Å². The summed E-state index contributed by atoms with van der Waals surface area (Å²) < 4.78 is 29.2. The predicted octanol–water partition coefficient (Wildman–Crippen LogP) is 2.50. The van der Waals surface area contributed by atoms with Crippen molar-refractivity contribution in [2.75, 3.05) is 4.72 Å². The summed E-state index contributed by atoms with van der Waals surface area (Å²) in [4.78, 5) is 11.9. The van der Waals surface area contributed by atoms with Crippen molar-refractivity contribution >= 4 is 32.6 Å². The second-order valence-corrected chi connectivity index (χ2v) is 7.07. The number of nitrogens with one attached hydrogen (secondary N) is 1. The fraction of sp³-hybridized carbons (Fsp3) is 0.0625. The highest BCUT2D eigenvalue weighted by atomic mass is 32.2. The lowest BCUT2D eigenvalue weighted by Gasteiger charge is -2.09. The molecule has 0 aliphatic carbocycles. The lowest BCUT2D eigenvalue weighted by molar-refractivity contribution is 0.0687. The second-order valence-electron chi connectivity index (χ2n) is 5.38. The van der Waals surface area contributed by atoms with Gasteiger partial charge < -0.3 is 9.67 Å². The maximum absolute atomic E-state index is 12.6. The number of hydrogen-bond acceptors (Lipinski definition) is 3. The van der Waals surface area contributed by atoms with Gasteiger partial charge in [0.1, 0.15) is 0 Å². The number of para-hydroxylation sites is 1. The van der Waals surface area contributed by atoms with Gasteiger partial charge in [0.2, 0.25) is 0 Å². The summed E-state index contributed by atoms with van der Waals surface area (Å²) in [6, 6.07) is 13.5. The molecular weight excluding hydrogens is 316 g/mol. The van der Waals surface area contributed by atoms with Gasteiger partial charge in [-0.25, -0.2) is 13.2 Å². The highest BCUT2D eigenvalue weighted by Crippen LogP contribution is 2.35. The molecule has 2 aromatic carbocycles. The summed E-state index contributed by atoms with van der Waals surface area (Å²) >= 11 is 0. The number of aromatic carboxylic acids is 1. The summed E-state index contributed by atoms with van der Waals surface area (Å²) in [5.41, 5.74) is 1.45. The van der Waals surface area contributed by atoms with Gasteiger partial charge in [0.15, 0.2) is 5.69 Å². The van der Waals surface area contributed by atoms with E-state index < -0.39 is 16.0 Å². The maximum Gasteiger partial charge on any atom is 0.354 e. The molecule has 2 heterocycles.